The van der Waals surface area contributed by atoms with E-state index in [0.717, 1.165) is 16.9 Å². The normalized spacial score (nSPS) is 10.1. The van der Waals surface area contributed by atoms with E-state index in [1.807, 2.05) is 31.2 Å². The molecule has 0 bridgehead atoms. The fourth-order valence-electron chi connectivity index (χ4n) is 1.46. The van der Waals surface area contributed by atoms with Crippen molar-refractivity contribution in [1.29, 1.82) is 0 Å². The van der Waals surface area contributed by atoms with Crippen molar-refractivity contribution in [1.82, 2.24) is 4.98 Å². The van der Waals surface area contributed by atoms with Gasteiger partial charge in [0.25, 0.3) is 0 Å². The third-order valence-corrected chi connectivity index (χ3v) is 2.57. The van der Waals surface area contributed by atoms with Gasteiger partial charge in [-0.25, -0.2) is 0 Å². The summed E-state index contributed by atoms with van der Waals surface area (Å²) in [5, 5.41) is 3.89. The molecule has 0 aliphatic heterocycles. The molecule has 1 heterocycles. The highest BCUT2D eigenvalue weighted by Crippen LogP contribution is 2.28. The number of nitrogens with two attached hydrogens (primary N) is 1. The topological polar surface area (TPSA) is 50.9 Å². The molecule has 2 rings (SSSR count). The number of nitrogens with zero attached hydrogens (tertiary/aromatic N) is 1. The van der Waals surface area contributed by atoms with E-state index in [9.17, 15) is 0 Å². The van der Waals surface area contributed by atoms with Gasteiger partial charge in [-0.15, -0.1) is 0 Å². The summed E-state index contributed by atoms with van der Waals surface area (Å²) in [4.78, 5) is 4.01. The van der Waals surface area contributed by atoms with Crippen molar-refractivity contribution in [2.24, 2.45) is 0 Å². The van der Waals surface area contributed by atoms with Gasteiger partial charge in [0, 0.05) is 6.20 Å². The third-order valence-electron chi connectivity index (χ3n) is 2.25. The number of nitrogens with one attached hydrogen (secondary N) is 1. The number of hydrogen-bond donors (Lipinski definition) is 2. The summed E-state index contributed by atoms with van der Waals surface area (Å²) >= 11 is 6.11. The first-order chi connectivity index (χ1) is 7.66. The molecule has 2 aromatic rings. The summed E-state index contributed by atoms with van der Waals surface area (Å²) in [5.41, 5.74) is 9.07. The minimum Gasteiger partial charge on any atom is -0.397 e. The zero-order valence-electron chi connectivity index (χ0n) is 8.87. The fraction of sp³-hybridized carbons (Fsp3) is 0.0833. The van der Waals surface area contributed by atoms with Crippen molar-refractivity contribution in [2.45, 2.75) is 6.92 Å². The standard InChI is InChI=1S/C12H12ClN3/c1-8-3-2-4-11(13)12(8)16-10-5-9(14)6-15-7-10/h2-7,16H,14H2,1H3. The van der Waals surface area contributed by atoms with Crippen LogP contribution in [0.25, 0.3) is 0 Å². The molecule has 16 heavy (non-hydrogen) atoms. The van der Waals surface area contributed by atoms with Crippen LogP contribution in [0.5, 0.6) is 0 Å². The molecule has 0 spiro atoms. The monoisotopic (exact) mass is 233 g/mol. The largest absolute Gasteiger partial charge is 0.397 e. The van der Waals surface area contributed by atoms with E-state index in [4.69, 9.17) is 17.3 Å². The Hall–Kier alpha value is -1.74. The van der Waals surface area contributed by atoms with Crippen LogP contribution in [-0.4, -0.2) is 4.98 Å². The molecule has 0 saturated heterocycles. The van der Waals surface area contributed by atoms with E-state index in [-0.39, 0.29) is 0 Å². The van der Waals surface area contributed by atoms with Crippen LogP contribution in [0, 0.1) is 6.92 Å². The van der Waals surface area contributed by atoms with E-state index < -0.39 is 0 Å². The van der Waals surface area contributed by atoms with Crippen LogP contribution in [-0.2, 0) is 0 Å². The lowest BCUT2D eigenvalue weighted by Crippen LogP contribution is -1.96. The summed E-state index contributed by atoms with van der Waals surface area (Å²) in [6, 6.07) is 7.57. The second-order valence-electron chi connectivity index (χ2n) is 3.56. The molecule has 3 nitrogen and oxygen atoms in total. The lowest BCUT2D eigenvalue weighted by Gasteiger charge is -2.11. The van der Waals surface area contributed by atoms with Crippen LogP contribution >= 0.6 is 11.6 Å². The quantitative estimate of drug-likeness (QED) is 0.836. The molecule has 0 unspecified atom stereocenters. The van der Waals surface area contributed by atoms with Gasteiger partial charge in [0.1, 0.15) is 0 Å². The molecule has 0 radical (unpaired) electrons. The van der Waals surface area contributed by atoms with Crippen LogP contribution in [0.2, 0.25) is 5.02 Å². The number of nitrogen functional groups attached to an aromatic ring is 1. The van der Waals surface area contributed by atoms with Gasteiger partial charge in [-0.05, 0) is 24.6 Å². The lowest BCUT2D eigenvalue weighted by molar-refractivity contribution is 1.32. The van der Waals surface area contributed by atoms with Gasteiger partial charge < -0.3 is 11.1 Å². The van der Waals surface area contributed by atoms with E-state index in [1.54, 1.807) is 12.4 Å². The number of aromatic nitrogens is 1. The lowest BCUT2D eigenvalue weighted by atomic mass is 10.2. The molecule has 1 aromatic carbocycles. The van der Waals surface area contributed by atoms with Gasteiger partial charge in [0.05, 0.1) is 28.3 Å². The number of pyridine rings is 1. The Kier molecular flexibility index (Phi) is 2.97. The zero-order valence-corrected chi connectivity index (χ0v) is 9.62. The van der Waals surface area contributed by atoms with Crippen LogP contribution < -0.4 is 11.1 Å². The summed E-state index contributed by atoms with van der Waals surface area (Å²) in [6.45, 7) is 1.99. The Morgan fingerprint density at radius 3 is 2.81 bits per heavy atom. The molecular formula is C12H12ClN3. The molecule has 4 heteroatoms. The second-order valence-corrected chi connectivity index (χ2v) is 3.97. The fourth-order valence-corrected chi connectivity index (χ4v) is 1.73. The van der Waals surface area contributed by atoms with E-state index in [0.29, 0.717) is 10.7 Å². The highest BCUT2D eigenvalue weighted by atomic mass is 35.5. The van der Waals surface area contributed by atoms with Gasteiger partial charge >= 0.3 is 0 Å². The number of aryl methyl sites for hydroxylation is 1. The van der Waals surface area contributed by atoms with Crippen LogP contribution in [0.15, 0.2) is 36.7 Å². The molecule has 0 aliphatic carbocycles. The first-order valence-corrected chi connectivity index (χ1v) is 5.27. The molecule has 0 saturated carbocycles. The molecule has 0 amide bonds. The predicted octanol–water partition coefficient (Wildman–Crippen LogP) is 3.37. The van der Waals surface area contributed by atoms with Crippen LogP contribution in [0.4, 0.5) is 17.1 Å². The third kappa shape index (κ3) is 2.25. The Morgan fingerprint density at radius 2 is 2.12 bits per heavy atom. The number of para-hydroxylation sites is 1. The zero-order chi connectivity index (χ0) is 11.5. The maximum Gasteiger partial charge on any atom is 0.0643 e. The summed E-state index contributed by atoms with van der Waals surface area (Å²) < 4.78 is 0. The first kappa shape index (κ1) is 10.8. The highest BCUT2D eigenvalue weighted by molar-refractivity contribution is 6.33. The molecule has 1 aromatic heterocycles. The molecule has 0 fully saturated rings. The number of hydrogen-bond acceptors (Lipinski definition) is 3. The second kappa shape index (κ2) is 4.41. The van der Waals surface area contributed by atoms with Crippen LogP contribution in [0.3, 0.4) is 0 Å². The van der Waals surface area contributed by atoms with Gasteiger partial charge in [-0.2, -0.15) is 0 Å². The molecule has 0 aliphatic rings. The minimum atomic E-state index is 0.620. The van der Waals surface area contributed by atoms with Crippen molar-refractivity contribution >= 4 is 28.7 Å². The van der Waals surface area contributed by atoms with E-state index >= 15 is 0 Å². The minimum absolute atomic E-state index is 0.620. The van der Waals surface area contributed by atoms with Gasteiger partial charge in [0.15, 0.2) is 0 Å². The average Bonchev–Trinajstić information content (AvgIpc) is 2.24. The Bertz CT molecular complexity index is 491. The predicted molar refractivity (Wildman–Crippen MR) is 68.1 cm³/mol. The molecule has 82 valence electrons. The highest BCUT2D eigenvalue weighted by Gasteiger charge is 2.03. The average molecular weight is 234 g/mol. The Morgan fingerprint density at radius 1 is 1.31 bits per heavy atom. The molecular weight excluding hydrogens is 222 g/mol. The van der Waals surface area contributed by atoms with Crippen molar-refractivity contribution in [3.8, 4) is 0 Å². The van der Waals surface area contributed by atoms with Crippen molar-refractivity contribution in [3.63, 3.8) is 0 Å². The summed E-state index contributed by atoms with van der Waals surface area (Å²) in [6.07, 6.45) is 3.31. The van der Waals surface area contributed by atoms with Gasteiger partial charge in [-0.3, -0.25) is 4.98 Å². The van der Waals surface area contributed by atoms with Gasteiger partial charge in [0.2, 0.25) is 0 Å². The van der Waals surface area contributed by atoms with E-state index in [2.05, 4.69) is 10.3 Å². The number of benzene rings is 1. The summed E-state index contributed by atoms with van der Waals surface area (Å²) in [5.74, 6) is 0. The Balaban J connectivity index is 2.34. The number of anilines is 3. The Labute approximate surface area is 99.3 Å². The smallest absolute Gasteiger partial charge is 0.0643 e. The van der Waals surface area contributed by atoms with Gasteiger partial charge in [-0.1, -0.05) is 23.7 Å². The summed E-state index contributed by atoms with van der Waals surface area (Å²) in [7, 11) is 0. The van der Waals surface area contributed by atoms with Crippen molar-refractivity contribution < 1.29 is 0 Å². The van der Waals surface area contributed by atoms with E-state index in [1.165, 1.54) is 0 Å². The number of halogens is 1. The molecule has 0 atom stereocenters. The maximum atomic E-state index is 6.11. The van der Waals surface area contributed by atoms with Crippen molar-refractivity contribution in [2.75, 3.05) is 11.1 Å². The molecule has 3 N–H and O–H groups in total. The van der Waals surface area contributed by atoms with Crippen LogP contribution in [0.1, 0.15) is 5.56 Å². The number of rotatable bonds is 2. The van der Waals surface area contributed by atoms with Crippen molar-refractivity contribution in [3.05, 3.63) is 47.2 Å². The first-order valence-electron chi connectivity index (χ1n) is 4.89. The SMILES string of the molecule is Cc1cccc(Cl)c1Nc1cncc(N)c1. The maximum absolute atomic E-state index is 6.11.